The number of fused-ring (bicyclic) bond motifs is 1. The Labute approximate surface area is 179 Å². The van der Waals surface area contributed by atoms with E-state index >= 15 is 0 Å². The summed E-state index contributed by atoms with van der Waals surface area (Å²) in [6, 6.07) is 14.7. The highest BCUT2D eigenvalue weighted by Gasteiger charge is 2.30. The van der Waals surface area contributed by atoms with Crippen LogP contribution in [0, 0.1) is 6.92 Å². The third kappa shape index (κ3) is 4.62. The number of hydrogen-bond donors (Lipinski definition) is 0. The molecule has 0 saturated carbocycles. The van der Waals surface area contributed by atoms with E-state index in [9.17, 15) is 18.0 Å². The molecule has 9 heteroatoms. The summed E-state index contributed by atoms with van der Waals surface area (Å²) in [7, 11) is -3.58. The number of sulfonamides is 1. The number of piperazine rings is 1. The van der Waals surface area contributed by atoms with Gasteiger partial charge in [0.05, 0.1) is 4.90 Å². The van der Waals surface area contributed by atoms with E-state index < -0.39 is 15.6 Å². The molecule has 2 heterocycles. The summed E-state index contributed by atoms with van der Waals surface area (Å²) < 4.78 is 37.6. The number of rotatable bonds is 5. The minimum Gasteiger partial charge on any atom is -0.484 e. The molecule has 0 bridgehead atoms. The lowest BCUT2D eigenvalue weighted by molar-refractivity contribution is -0.134. The highest BCUT2D eigenvalue weighted by molar-refractivity contribution is 7.89. The average Bonchev–Trinajstić information content (AvgIpc) is 2.77. The molecule has 8 nitrogen and oxygen atoms in total. The first-order valence-corrected chi connectivity index (χ1v) is 11.3. The molecule has 1 saturated heterocycles. The molecule has 0 unspecified atom stereocenters. The smallest absolute Gasteiger partial charge is 0.336 e. The largest absolute Gasteiger partial charge is 0.484 e. The van der Waals surface area contributed by atoms with Crippen LogP contribution in [0.25, 0.3) is 11.0 Å². The zero-order valence-corrected chi connectivity index (χ0v) is 17.8. The topological polar surface area (TPSA) is 97.1 Å². The van der Waals surface area contributed by atoms with Crippen molar-refractivity contribution in [1.82, 2.24) is 9.21 Å². The van der Waals surface area contributed by atoms with Crippen LogP contribution in [0.15, 0.2) is 68.7 Å². The maximum atomic E-state index is 12.8. The van der Waals surface area contributed by atoms with Gasteiger partial charge >= 0.3 is 5.63 Å². The van der Waals surface area contributed by atoms with Gasteiger partial charge in [0.25, 0.3) is 5.91 Å². The Balaban J connectivity index is 1.34. The number of carbonyl (C=O) groups is 1. The Kier molecular flexibility index (Phi) is 5.79. The monoisotopic (exact) mass is 442 g/mol. The van der Waals surface area contributed by atoms with E-state index in [0.29, 0.717) is 24.4 Å². The lowest BCUT2D eigenvalue weighted by Crippen LogP contribution is -2.51. The van der Waals surface area contributed by atoms with Crippen molar-refractivity contribution in [3.63, 3.8) is 0 Å². The molecule has 2 aromatic carbocycles. The molecule has 1 amide bonds. The molecule has 31 heavy (non-hydrogen) atoms. The molecule has 162 valence electrons. The average molecular weight is 442 g/mol. The number of aryl methyl sites for hydroxylation is 1. The van der Waals surface area contributed by atoms with Crippen molar-refractivity contribution in [3.8, 4) is 5.75 Å². The van der Waals surface area contributed by atoms with Gasteiger partial charge in [0, 0.05) is 43.7 Å². The summed E-state index contributed by atoms with van der Waals surface area (Å²) >= 11 is 0. The molecular formula is C22H22N2O6S. The third-order valence-electron chi connectivity index (χ3n) is 5.21. The molecule has 0 atom stereocenters. The summed E-state index contributed by atoms with van der Waals surface area (Å²) in [6.45, 7) is 2.75. The molecule has 1 aromatic heterocycles. The molecule has 0 spiro atoms. The first kappa shape index (κ1) is 21.1. The van der Waals surface area contributed by atoms with Gasteiger partial charge in [-0.25, -0.2) is 13.2 Å². The van der Waals surface area contributed by atoms with Crippen LogP contribution in [0.5, 0.6) is 5.75 Å². The Morgan fingerprint density at radius 3 is 2.39 bits per heavy atom. The molecule has 4 rings (SSSR count). The number of carbonyl (C=O) groups excluding carboxylic acids is 1. The number of nitrogens with zero attached hydrogens (tertiary/aromatic N) is 2. The number of hydrogen-bond acceptors (Lipinski definition) is 6. The fourth-order valence-corrected chi connectivity index (χ4v) is 4.83. The predicted molar refractivity (Wildman–Crippen MR) is 114 cm³/mol. The zero-order chi connectivity index (χ0) is 22.0. The summed E-state index contributed by atoms with van der Waals surface area (Å²) in [4.78, 5) is 25.7. The van der Waals surface area contributed by atoms with Crippen molar-refractivity contribution in [2.45, 2.75) is 11.8 Å². The van der Waals surface area contributed by atoms with E-state index in [2.05, 4.69) is 0 Å². The van der Waals surface area contributed by atoms with E-state index in [1.54, 1.807) is 53.4 Å². The maximum Gasteiger partial charge on any atom is 0.336 e. The summed E-state index contributed by atoms with van der Waals surface area (Å²) in [5, 5.41) is 0.754. The van der Waals surface area contributed by atoms with Crippen molar-refractivity contribution in [3.05, 3.63) is 70.6 Å². The van der Waals surface area contributed by atoms with E-state index in [0.717, 1.165) is 10.9 Å². The summed E-state index contributed by atoms with van der Waals surface area (Å²) in [5.41, 5.74) is 0.912. The number of amides is 1. The molecule has 1 aliphatic heterocycles. The SMILES string of the molecule is Cc1ccc(S(=O)(=O)N2CCN(C(=O)COc3ccc4ccc(=O)oc4c3)CC2)cc1. The second kappa shape index (κ2) is 8.52. The first-order valence-electron chi connectivity index (χ1n) is 9.84. The third-order valence-corrected chi connectivity index (χ3v) is 7.12. The number of ether oxygens (including phenoxy) is 1. The Hall–Kier alpha value is -3.17. The highest BCUT2D eigenvalue weighted by Crippen LogP contribution is 2.20. The lowest BCUT2D eigenvalue weighted by Gasteiger charge is -2.34. The van der Waals surface area contributed by atoms with E-state index in [1.165, 1.54) is 10.4 Å². The van der Waals surface area contributed by atoms with Crippen LogP contribution in [0.3, 0.4) is 0 Å². The van der Waals surface area contributed by atoms with Crippen LogP contribution in [0.1, 0.15) is 5.56 Å². The van der Waals surface area contributed by atoms with Crippen molar-refractivity contribution in [2.24, 2.45) is 0 Å². The summed E-state index contributed by atoms with van der Waals surface area (Å²) in [5.74, 6) is 0.178. The van der Waals surface area contributed by atoms with Gasteiger partial charge in [-0.1, -0.05) is 17.7 Å². The Morgan fingerprint density at radius 2 is 1.68 bits per heavy atom. The van der Waals surface area contributed by atoms with Crippen LogP contribution in [0.4, 0.5) is 0 Å². The quantitative estimate of drug-likeness (QED) is 0.561. The van der Waals surface area contributed by atoms with Crippen molar-refractivity contribution < 1.29 is 22.4 Å². The van der Waals surface area contributed by atoms with Gasteiger partial charge in [-0.3, -0.25) is 4.79 Å². The zero-order valence-electron chi connectivity index (χ0n) is 17.0. The standard InChI is InChI=1S/C22H22N2O6S/c1-16-2-7-19(8-3-16)31(27,28)24-12-10-23(11-13-24)21(25)15-29-18-6-4-17-5-9-22(26)30-20(17)14-18/h2-9,14H,10-13,15H2,1H3. The van der Waals surface area contributed by atoms with Gasteiger partial charge in [-0.05, 0) is 37.3 Å². The molecule has 0 aliphatic carbocycles. The van der Waals surface area contributed by atoms with Gasteiger partial charge in [-0.2, -0.15) is 4.31 Å². The normalized spacial score (nSPS) is 15.2. The van der Waals surface area contributed by atoms with Gasteiger partial charge in [0.15, 0.2) is 6.61 Å². The van der Waals surface area contributed by atoms with Gasteiger partial charge in [-0.15, -0.1) is 0 Å². The molecule has 0 radical (unpaired) electrons. The second-order valence-electron chi connectivity index (χ2n) is 7.34. The first-order chi connectivity index (χ1) is 14.8. The van der Waals surface area contributed by atoms with Crippen molar-refractivity contribution >= 4 is 26.9 Å². The molecular weight excluding hydrogens is 420 g/mol. The van der Waals surface area contributed by atoms with Gasteiger partial charge < -0.3 is 14.1 Å². The van der Waals surface area contributed by atoms with Gasteiger partial charge in [0.2, 0.25) is 10.0 Å². The minimum atomic E-state index is -3.58. The van der Waals surface area contributed by atoms with Crippen LogP contribution in [0.2, 0.25) is 0 Å². The van der Waals surface area contributed by atoms with E-state index in [1.807, 2.05) is 6.92 Å². The minimum absolute atomic E-state index is 0.187. The lowest BCUT2D eigenvalue weighted by atomic mass is 10.2. The van der Waals surface area contributed by atoms with Crippen molar-refractivity contribution in [2.75, 3.05) is 32.8 Å². The van der Waals surface area contributed by atoms with Crippen molar-refractivity contribution in [1.29, 1.82) is 0 Å². The molecule has 0 N–H and O–H groups in total. The predicted octanol–water partition coefficient (Wildman–Crippen LogP) is 2.01. The molecule has 1 aliphatic rings. The Bertz CT molecular complexity index is 1260. The fraction of sp³-hybridized carbons (Fsp3) is 0.273. The van der Waals surface area contributed by atoms with Crippen LogP contribution < -0.4 is 10.4 Å². The molecule has 3 aromatic rings. The van der Waals surface area contributed by atoms with Crippen LogP contribution in [-0.4, -0.2) is 56.3 Å². The molecule has 1 fully saturated rings. The van der Waals surface area contributed by atoms with E-state index in [4.69, 9.17) is 9.15 Å². The summed E-state index contributed by atoms with van der Waals surface area (Å²) in [6.07, 6.45) is 0. The van der Waals surface area contributed by atoms with Crippen LogP contribution >= 0.6 is 0 Å². The fourth-order valence-electron chi connectivity index (χ4n) is 3.40. The van der Waals surface area contributed by atoms with Crippen LogP contribution in [-0.2, 0) is 14.8 Å². The highest BCUT2D eigenvalue weighted by atomic mass is 32.2. The maximum absolute atomic E-state index is 12.8. The second-order valence-corrected chi connectivity index (χ2v) is 9.28. The Morgan fingerprint density at radius 1 is 1.00 bits per heavy atom. The van der Waals surface area contributed by atoms with Gasteiger partial charge in [0.1, 0.15) is 11.3 Å². The van der Waals surface area contributed by atoms with E-state index in [-0.39, 0.29) is 30.5 Å². The number of benzene rings is 2.